The second-order valence-corrected chi connectivity index (χ2v) is 9.88. The van der Waals surface area contributed by atoms with Gasteiger partial charge in [-0.15, -0.1) is 0 Å². The van der Waals surface area contributed by atoms with Crippen molar-refractivity contribution in [2.24, 2.45) is 5.92 Å². The van der Waals surface area contributed by atoms with E-state index in [-0.39, 0.29) is 23.0 Å². The fraction of sp³-hybridized carbons (Fsp3) is 0.417. The van der Waals surface area contributed by atoms with E-state index in [1.165, 1.54) is 18.9 Å². The molecule has 8 nitrogen and oxygen atoms in total. The highest BCUT2D eigenvalue weighted by Crippen LogP contribution is 2.44. The van der Waals surface area contributed by atoms with Crippen LogP contribution in [0.15, 0.2) is 30.7 Å². The van der Waals surface area contributed by atoms with Gasteiger partial charge in [-0.05, 0) is 58.2 Å². The molecule has 0 unspecified atom stereocenters. The summed E-state index contributed by atoms with van der Waals surface area (Å²) in [6, 6.07) is 3.94. The van der Waals surface area contributed by atoms with Crippen LogP contribution in [0.3, 0.4) is 0 Å². The second kappa shape index (κ2) is 6.84. The Labute approximate surface area is 190 Å². The van der Waals surface area contributed by atoms with Crippen molar-refractivity contribution in [1.82, 2.24) is 28.9 Å². The number of anilines is 1. The molecule has 4 aromatic heterocycles. The third-order valence-electron chi connectivity index (χ3n) is 7.06. The standard InChI is InChI=1S/C24H26FN7O/c1-13-7-19(29-32-9-14(2)26-21(13)32)15-8-18(25)22-27-20(12-30(22)10-15)28-23(33)17-11-31(16-5-6-16)24(17,3)4/h7-10,12,16-17H,5-6,11H2,1-4H3,(H,28,33)/t17-/m1/s1. The minimum Gasteiger partial charge on any atom is -0.309 e. The summed E-state index contributed by atoms with van der Waals surface area (Å²) in [6.07, 6.45) is 7.70. The van der Waals surface area contributed by atoms with Crippen molar-refractivity contribution < 1.29 is 9.18 Å². The summed E-state index contributed by atoms with van der Waals surface area (Å²) in [5, 5.41) is 7.49. The smallest absolute Gasteiger partial charge is 0.231 e. The van der Waals surface area contributed by atoms with Crippen LogP contribution < -0.4 is 5.32 Å². The highest BCUT2D eigenvalue weighted by atomic mass is 19.1. The molecule has 1 aliphatic carbocycles. The number of fused-ring (bicyclic) bond motifs is 2. The van der Waals surface area contributed by atoms with Gasteiger partial charge in [0, 0.05) is 29.9 Å². The average Bonchev–Trinajstić information content (AvgIpc) is 3.34. The Kier molecular flexibility index (Phi) is 4.20. The van der Waals surface area contributed by atoms with Crippen LogP contribution in [0.5, 0.6) is 0 Å². The molecule has 1 aliphatic heterocycles. The molecular formula is C24H26FN7O. The van der Waals surface area contributed by atoms with Crippen LogP contribution in [0, 0.1) is 25.6 Å². The zero-order valence-electron chi connectivity index (χ0n) is 19.1. The van der Waals surface area contributed by atoms with E-state index in [1.807, 2.05) is 26.1 Å². The maximum Gasteiger partial charge on any atom is 0.231 e. The first-order chi connectivity index (χ1) is 15.7. The molecule has 4 aromatic rings. The van der Waals surface area contributed by atoms with Gasteiger partial charge in [-0.1, -0.05) is 0 Å². The Morgan fingerprint density at radius 1 is 1.12 bits per heavy atom. The molecule has 5 heterocycles. The molecular weight excluding hydrogens is 421 g/mol. The number of hydrogen-bond acceptors (Lipinski definition) is 5. The van der Waals surface area contributed by atoms with E-state index in [0.717, 1.165) is 23.4 Å². The number of amides is 1. The number of rotatable bonds is 4. The molecule has 0 aromatic carbocycles. The lowest BCUT2D eigenvalue weighted by Gasteiger charge is -2.54. The van der Waals surface area contributed by atoms with E-state index in [2.05, 4.69) is 39.1 Å². The number of nitrogens with zero attached hydrogens (tertiary/aromatic N) is 6. The number of aryl methyl sites for hydroxylation is 2. The Hall–Kier alpha value is -3.33. The minimum absolute atomic E-state index is 0.0702. The predicted octanol–water partition coefficient (Wildman–Crippen LogP) is 3.61. The quantitative estimate of drug-likeness (QED) is 0.517. The predicted molar refractivity (Wildman–Crippen MR) is 123 cm³/mol. The molecule has 1 amide bonds. The number of hydrogen-bond donors (Lipinski definition) is 1. The van der Waals surface area contributed by atoms with Gasteiger partial charge in [-0.3, -0.25) is 9.69 Å². The van der Waals surface area contributed by atoms with Gasteiger partial charge in [0.2, 0.25) is 5.91 Å². The molecule has 33 heavy (non-hydrogen) atoms. The zero-order valence-corrected chi connectivity index (χ0v) is 19.1. The fourth-order valence-corrected chi connectivity index (χ4v) is 5.01. The highest BCUT2D eigenvalue weighted by Gasteiger charge is 2.54. The van der Waals surface area contributed by atoms with Crippen LogP contribution in [-0.4, -0.2) is 52.9 Å². The number of nitrogens with one attached hydrogen (secondary N) is 1. The van der Waals surface area contributed by atoms with E-state index < -0.39 is 5.82 Å². The van der Waals surface area contributed by atoms with E-state index in [9.17, 15) is 9.18 Å². The van der Waals surface area contributed by atoms with Gasteiger partial charge in [0.05, 0.1) is 29.7 Å². The van der Waals surface area contributed by atoms with Crippen molar-refractivity contribution >= 4 is 23.0 Å². The van der Waals surface area contributed by atoms with Crippen molar-refractivity contribution in [2.45, 2.75) is 52.1 Å². The molecule has 0 spiro atoms. The zero-order chi connectivity index (χ0) is 23.1. The summed E-state index contributed by atoms with van der Waals surface area (Å²) in [4.78, 5) is 24.1. The third-order valence-corrected chi connectivity index (χ3v) is 7.06. The third kappa shape index (κ3) is 3.21. The van der Waals surface area contributed by atoms with E-state index in [0.29, 0.717) is 23.1 Å². The van der Waals surface area contributed by atoms with Crippen LogP contribution in [0.1, 0.15) is 37.9 Å². The first kappa shape index (κ1) is 20.3. The van der Waals surface area contributed by atoms with Gasteiger partial charge in [0.25, 0.3) is 0 Å². The van der Waals surface area contributed by atoms with Crippen LogP contribution in [0.2, 0.25) is 0 Å². The lowest BCUT2D eigenvalue weighted by molar-refractivity contribution is -0.138. The summed E-state index contributed by atoms with van der Waals surface area (Å²) < 4.78 is 18.3. The summed E-state index contributed by atoms with van der Waals surface area (Å²) >= 11 is 0. The van der Waals surface area contributed by atoms with Crippen molar-refractivity contribution in [3.05, 3.63) is 47.8 Å². The largest absolute Gasteiger partial charge is 0.309 e. The lowest BCUT2D eigenvalue weighted by atomic mass is 9.76. The highest BCUT2D eigenvalue weighted by molar-refractivity contribution is 5.93. The van der Waals surface area contributed by atoms with Crippen molar-refractivity contribution in [3.63, 3.8) is 0 Å². The van der Waals surface area contributed by atoms with Crippen molar-refractivity contribution in [2.75, 3.05) is 11.9 Å². The average molecular weight is 448 g/mol. The molecule has 1 N–H and O–H groups in total. The number of likely N-dealkylation sites (tertiary alicyclic amines) is 1. The normalized spacial score (nSPS) is 20.3. The maximum absolute atomic E-state index is 15.0. The number of aromatic nitrogens is 5. The van der Waals surface area contributed by atoms with Crippen molar-refractivity contribution in [3.8, 4) is 11.3 Å². The molecule has 0 radical (unpaired) electrons. The van der Waals surface area contributed by atoms with Crippen LogP contribution >= 0.6 is 0 Å². The van der Waals surface area contributed by atoms with E-state index >= 15 is 0 Å². The Bertz CT molecular complexity index is 1430. The number of imidazole rings is 2. The fourth-order valence-electron chi connectivity index (χ4n) is 5.01. The second-order valence-electron chi connectivity index (χ2n) is 9.88. The minimum atomic E-state index is -0.474. The van der Waals surface area contributed by atoms with Crippen LogP contribution in [0.25, 0.3) is 22.6 Å². The Balaban J connectivity index is 1.29. The SMILES string of the molecule is Cc1cn2nc(-c3cc(F)c4nc(NC(=O)[C@H]5CN(C6CC6)C5(C)C)cn4c3)cc(C)c2n1. The van der Waals surface area contributed by atoms with Crippen molar-refractivity contribution in [1.29, 1.82) is 0 Å². The monoisotopic (exact) mass is 447 g/mol. The van der Waals surface area contributed by atoms with E-state index in [1.54, 1.807) is 21.3 Å². The first-order valence-corrected chi connectivity index (χ1v) is 11.3. The summed E-state index contributed by atoms with van der Waals surface area (Å²) in [5.74, 6) is -0.306. The van der Waals surface area contributed by atoms with Gasteiger partial charge < -0.3 is 9.72 Å². The molecule has 6 rings (SSSR count). The number of carbonyl (C=O) groups is 1. The number of halogens is 1. The van der Waals surface area contributed by atoms with Gasteiger partial charge in [-0.2, -0.15) is 5.10 Å². The van der Waals surface area contributed by atoms with Crippen LogP contribution in [-0.2, 0) is 4.79 Å². The Morgan fingerprint density at radius 2 is 1.91 bits per heavy atom. The molecule has 1 saturated heterocycles. The van der Waals surface area contributed by atoms with Gasteiger partial charge >= 0.3 is 0 Å². The first-order valence-electron chi connectivity index (χ1n) is 11.3. The lowest BCUT2D eigenvalue weighted by Crippen LogP contribution is -2.67. The van der Waals surface area contributed by atoms with Gasteiger partial charge in [-0.25, -0.2) is 18.9 Å². The molecule has 0 bridgehead atoms. The number of carbonyl (C=O) groups excluding carboxylic acids is 1. The van der Waals surface area contributed by atoms with Gasteiger partial charge in [0.15, 0.2) is 22.9 Å². The maximum atomic E-state index is 15.0. The molecule has 2 fully saturated rings. The molecule has 1 saturated carbocycles. The molecule has 2 aliphatic rings. The molecule has 170 valence electrons. The summed E-state index contributed by atoms with van der Waals surface area (Å²) in [7, 11) is 0. The van der Waals surface area contributed by atoms with Gasteiger partial charge in [0.1, 0.15) is 0 Å². The number of pyridine rings is 1. The Morgan fingerprint density at radius 3 is 2.64 bits per heavy atom. The van der Waals surface area contributed by atoms with E-state index in [4.69, 9.17) is 0 Å². The summed E-state index contributed by atoms with van der Waals surface area (Å²) in [6.45, 7) is 8.86. The molecule has 9 heteroatoms. The summed E-state index contributed by atoms with van der Waals surface area (Å²) in [5.41, 5.74) is 3.85. The van der Waals surface area contributed by atoms with Crippen LogP contribution in [0.4, 0.5) is 10.2 Å². The topological polar surface area (TPSA) is 79.8 Å². The molecule has 1 atom stereocenters.